The predicted octanol–water partition coefficient (Wildman–Crippen LogP) is -3.70. The van der Waals surface area contributed by atoms with E-state index >= 15 is 0 Å². The van der Waals surface area contributed by atoms with E-state index in [1.807, 2.05) is 0 Å². The molecule has 10 N–H and O–H groups in total. The first-order valence-corrected chi connectivity index (χ1v) is 0. The van der Waals surface area contributed by atoms with Gasteiger partial charge in [-0.05, 0) is 0 Å². The van der Waals surface area contributed by atoms with Crippen molar-refractivity contribution in [3.05, 3.63) is 0 Å². The first kappa shape index (κ1) is 225. The van der Waals surface area contributed by atoms with Gasteiger partial charge in [-0.25, -0.2) is 0 Å². The summed E-state index contributed by atoms with van der Waals surface area (Å²) >= 11 is 0. The van der Waals surface area contributed by atoms with Gasteiger partial charge in [0.1, 0.15) is 0 Å². The first-order valence-electron chi connectivity index (χ1n) is 0. The molecule has 0 spiro atoms. The van der Waals surface area contributed by atoms with Crippen LogP contribution in [0.15, 0.2) is 0 Å². The Morgan fingerprint density at radius 1 is 0.429 bits per heavy atom. The Morgan fingerprint density at radius 3 is 0.429 bits per heavy atom. The molecule has 0 saturated heterocycles. The van der Waals surface area contributed by atoms with E-state index < -0.39 is 0 Å². The summed E-state index contributed by atoms with van der Waals surface area (Å²) in [5, 5.41) is 0. The molecule has 0 unspecified atom stereocenters. The van der Waals surface area contributed by atoms with Crippen molar-refractivity contribution in [2.45, 2.75) is 0 Å². The van der Waals surface area contributed by atoms with Crippen molar-refractivity contribution in [1.29, 1.82) is 0 Å². The van der Waals surface area contributed by atoms with Gasteiger partial charge >= 0.3 is 0 Å². The quantitative estimate of drug-likeness (QED) is 0.424. The zero-order chi connectivity index (χ0) is 0. The zero-order valence-electron chi connectivity index (χ0n) is 3.41. The predicted molar refractivity (Wildman–Crippen MR) is 25.3 cm³/mol. The fraction of sp³-hybridized carbons (Fsp3) is 0. The molecule has 7 heteroatoms. The maximum Gasteiger partial charge on any atom is 0 e. The summed E-state index contributed by atoms with van der Waals surface area (Å²) in [6.45, 7) is 0. The maximum absolute atomic E-state index is 0. The molecule has 7 heavy (non-hydrogen) atoms. The van der Waals surface area contributed by atoms with Gasteiger partial charge in [-0.3, -0.25) is 0 Å². The normalized spacial score (nSPS) is 0. The third-order valence-corrected chi connectivity index (χ3v) is 0. The van der Waals surface area contributed by atoms with Crippen LogP contribution >= 0.6 is 12.4 Å². The first-order chi connectivity index (χ1) is 0. The van der Waals surface area contributed by atoms with Crippen molar-refractivity contribution in [2.24, 2.45) is 0 Å². The van der Waals surface area contributed by atoms with Gasteiger partial charge in [-0.15, -0.1) is 12.4 Å². The van der Waals surface area contributed by atoms with Gasteiger partial charge in [0, 0.05) is 40.8 Å². The Labute approximate surface area is 80.0 Å². The van der Waals surface area contributed by atoms with Crippen LogP contribution in [0.1, 0.15) is 0 Å². The van der Waals surface area contributed by atoms with Crippen LogP contribution in [-0.4, -0.2) is 27.4 Å². The van der Waals surface area contributed by atoms with Gasteiger partial charge in [0.15, 0.2) is 0 Å². The van der Waals surface area contributed by atoms with Crippen LogP contribution in [0.3, 0.4) is 0 Å². The van der Waals surface area contributed by atoms with Gasteiger partial charge in [0.2, 0.25) is 0 Å². The molecule has 0 aromatic carbocycles. The summed E-state index contributed by atoms with van der Waals surface area (Å²) in [6, 6.07) is 0. The molecule has 0 aliphatic rings. The fourth-order valence-electron chi connectivity index (χ4n) is 0. The standard InChI is InChI=1S/ClH.Nd.5H2O/h1H;;5*1H2. The van der Waals surface area contributed by atoms with Gasteiger partial charge in [0.25, 0.3) is 0 Å². The average Bonchev–Trinajstić information content (AvgIpc) is 0. The van der Waals surface area contributed by atoms with Gasteiger partial charge in [0.05, 0.1) is 0 Å². The van der Waals surface area contributed by atoms with E-state index in [0.29, 0.717) is 0 Å². The molecule has 52 valence electrons. The van der Waals surface area contributed by atoms with E-state index in [2.05, 4.69) is 0 Å². The third kappa shape index (κ3) is 106. The largest absolute Gasteiger partial charge is 0.412 e. The SMILES string of the molecule is Cl.O.O.O.O.O.[Nd]. The van der Waals surface area contributed by atoms with Gasteiger partial charge in [-0.2, -0.15) is 0 Å². The summed E-state index contributed by atoms with van der Waals surface area (Å²) in [7, 11) is 0. The minimum absolute atomic E-state index is 0. The van der Waals surface area contributed by atoms with Crippen molar-refractivity contribution < 1.29 is 68.2 Å². The zero-order valence-corrected chi connectivity index (χ0v) is 7.43. The van der Waals surface area contributed by atoms with E-state index in [1.165, 1.54) is 0 Å². The molecule has 0 rings (SSSR count). The molecule has 0 atom stereocenters. The molecule has 5 nitrogen and oxygen atoms in total. The van der Waals surface area contributed by atoms with E-state index in [-0.39, 0.29) is 80.6 Å². The molecule has 0 heterocycles. The van der Waals surface area contributed by atoms with E-state index in [4.69, 9.17) is 0 Å². The van der Waals surface area contributed by atoms with Crippen LogP contribution in [0.25, 0.3) is 0 Å². The second-order valence-corrected chi connectivity index (χ2v) is 0. The Morgan fingerprint density at radius 2 is 0.429 bits per heavy atom. The molecule has 0 amide bonds. The monoisotopic (exact) mass is 268 g/mol. The molecular weight excluding hydrogens is 260 g/mol. The summed E-state index contributed by atoms with van der Waals surface area (Å²) in [4.78, 5) is 0. The Kier molecular flexibility index (Phi) is 4780. The molecule has 0 fully saturated rings. The molecule has 0 aromatic rings. The van der Waals surface area contributed by atoms with Crippen molar-refractivity contribution in [3.63, 3.8) is 0 Å². The second-order valence-electron chi connectivity index (χ2n) is 0. The van der Waals surface area contributed by atoms with Gasteiger partial charge < -0.3 is 27.4 Å². The number of hydrogen-bond donors (Lipinski definition) is 0. The van der Waals surface area contributed by atoms with Crippen molar-refractivity contribution in [3.8, 4) is 0 Å². The van der Waals surface area contributed by atoms with Crippen molar-refractivity contribution >= 4 is 12.4 Å². The maximum atomic E-state index is 0. The minimum atomic E-state index is 0. The summed E-state index contributed by atoms with van der Waals surface area (Å²) in [5.41, 5.74) is 0. The average molecular weight is 271 g/mol. The third-order valence-electron chi connectivity index (χ3n) is 0. The smallest absolute Gasteiger partial charge is 0 e. The molecular formula is H11ClNdO5. The molecule has 0 aliphatic heterocycles. The summed E-state index contributed by atoms with van der Waals surface area (Å²) in [6.07, 6.45) is 0. The van der Waals surface area contributed by atoms with E-state index in [0.717, 1.165) is 0 Å². The Bertz CT molecular complexity index is 8.04. The Balaban J connectivity index is 0. The molecule has 0 bridgehead atoms. The fourth-order valence-corrected chi connectivity index (χ4v) is 0. The van der Waals surface area contributed by atoms with Crippen LogP contribution < -0.4 is 0 Å². The van der Waals surface area contributed by atoms with Crippen molar-refractivity contribution in [1.82, 2.24) is 0 Å². The molecule has 0 radical (unpaired) electrons. The molecule has 0 aromatic heterocycles. The van der Waals surface area contributed by atoms with E-state index in [1.54, 1.807) is 0 Å². The summed E-state index contributed by atoms with van der Waals surface area (Å²) < 4.78 is 0. The van der Waals surface area contributed by atoms with Crippen LogP contribution in [0.4, 0.5) is 0 Å². The Hall–Kier alpha value is 1.44. The van der Waals surface area contributed by atoms with Crippen LogP contribution in [0, 0.1) is 40.8 Å². The number of rotatable bonds is 0. The minimum Gasteiger partial charge on any atom is -0.412 e. The van der Waals surface area contributed by atoms with Crippen LogP contribution in [0.5, 0.6) is 0 Å². The van der Waals surface area contributed by atoms with Crippen LogP contribution in [-0.2, 0) is 0 Å². The number of halogens is 1. The summed E-state index contributed by atoms with van der Waals surface area (Å²) in [5.74, 6) is 0. The molecule has 0 aliphatic carbocycles. The van der Waals surface area contributed by atoms with Crippen LogP contribution in [0.2, 0.25) is 0 Å². The van der Waals surface area contributed by atoms with Crippen molar-refractivity contribution in [2.75, 3.05) is 0 Å². The van der Waals surface area contributed by atoms with Gasteiger partial charge in [-0.1, -0.05) is 0 Å². The topological polar surface area (TPSA) is 158 Å². The molecule has 0 saturated carbocycles. The van der Waals surface area contributed by atoms with E-state index in [9.17, 15) is 0 Å². The second kappa shape index (κ2) is 149. The number of hydrogen-bond acceptors (Lipinski definition) is 0.